The van der Waals surface area contributed by atoms with Gasteiger partial charge in [-0.1, -0.05) is 6.07 Å². The summed E-state index contributed by atoms with van der Waals surface area (Å²) < 4.78 is 16.3. The second-order valence-corrected chi connectivity index (χ2v) is 7.50. The van der Waals surface area contributed by atoms with Gasteiger partial charge in [-0.3, -0.25) is 0 Å². The molecule has 31 heavy (non-hydrogen) atoms. The maximum absolute atomic E-state index is 5.47. The molecule has 0 bridgehead atoms. The zero-order chi connectivity index (χ0) is 21.2. The Morgan fingerprint density at radius 2 is 1.45 bits per heavy atom. The number of nitrogens with zero attached hydrogens (tertiary/aromatic N) is 4. The third kappa shape index (κ3) is 4.31. The number of aryl methyl sites for hydroxylation is 2. The van der Waals surface area contributed by atoms with Crippen LogP contribution >= 0.6 is 0 Å². The number of ether oxygens (including phenoxy) is 3. The Balaban J connectivity index is 1.45. The summed E-state index contributed by atoms with van der Waals surface area (Å²) in [6.07, 6.45) is 0. The normalized spacial score (nSPS) is 15.1. The summed E-state index contributed by atoms with van der Waals surface area (Å²) in [5, 5.41) is 6.58. The first-order chi connectivity index (χ1) is 15.1. The molecule has 1 fully saturated rings. The standard InChI is InChI=1S/C22H24N6O3/c1-14-3-4-16(11-15(14)2)23-20-25-21(27-22(26-20)28-7-9-29-10-8-28)24-17-5-6-18-19(12-17)31-13-30-18/h3-6,11-12H,7-10,13H2,1-2H3,(H2,23,24,25,26,27). The van der Waals surface area contributed by atoms with Gasteiger partial charge in [0, 0.05) is 30.5 Å². The molecule has 0 saturated carbocycles. The predicted octanol–water partition coefficient (Wildman–Crippen LogP) is 3.54. The molecule has 3 aromatic rings. The van der Waals surface area contributed by atoms with E-state index in [9.17, 15) is 0 Å². The number of nitrogens with one attached hydrogen (secondary N) is 2. The number of rotatable bonds is 5. The van der Waals surface area contributed by atoms with Gasteiger partial charge in [0.2, 0.25) is 24.6 Å². The fourth-order valence-corrected chi connectivity index (χ4v) is 3.43. The van der Waals surface area contributed by atoms with Crippen LogP contribution in [0.3, 0.4) is 0 Å². The molecule has 2 aromatic carbocycles. The van der Waals surface area contributed by atoms with E-state index in [1.54, 1.807) is 0 Å². The van der Waals surface area contributed by atoms with E-state index in [0.29, 0.717) is 36.8 Å². The average Bonchev–Trinajstić information content (AvgIpc) is 3.25. The van der Waals surface area contributed by atoms with Crippen molar-refractivity contribution in [3.63, 3.8) is 0 Å². The van der Waals surface area contributed by atoms with E-state index >= 15 is 0 Å². The lowest BCUT2D eigenvalue weighted by Crippen LogP contribution is -2.37. The summed E-state index contributed by atoms with van der Waals surface area (Å²) in [5.74, 6) is 2.95. The number of benzene rings is 2. The summed E-state index contributed by atoms with van der Waals surface area (Å²) in [6.45, 7) is 7.17. The van der Waals surface area contributed by atoms with E-state index in [2.05, 4.69) is 56.5 Å². The second-order valence-electron chi connectivity index (χ2n) is 7.50. The van der Waals surface area contributed by atoms with E-state index in [1.807, 2.05) is 24.3 Å². The molecule has 5 rings (SSSR count). The van der Waals surface area contributed by atoms with E-state index in [0.717, 1.165) is 30.2 Å². The van der Waals surface area contributed by atoms with Gasteiger partial charge in [-0.25, -0.2) is 0 Å². The fourth-order valence-electron chi connectivity index (χ4n) is 3.43. The Bertz CT molecular complexity index is 1100. The van der Waals surface area contributed by atoms with Crippen LogP contribution in [-0.2, 0) is 4.74 Å². The van der Waals surface area contributed by atoms with E-state index in [-0.39, 0.29) is 6.79 Å². The van der Waals surface area contributed by atoms with Gasteiger partial charge in [-0.15, -0.1) is 0 Å². The molecule has 2 aliphatic rings. The molecular weight excluding hydrogens is 396 g/mol. The van der Waals surface area contributed by atoms with Crippen molar-refractivity contribution in [2.75, 3.05) is 48.6 Å². The highest BCUT2D eigenvalue weighted by molar-refractivity contribution is 5.63. The molecule has 160 valence electrons. The first kappa shape index (κ1) is 19.4. The number of anilines is 5. The minimum atomic E-state index is 0.232. The number of morpholine rings is 1. The van der Waals surface area contributed by atoms with Crippen molar-refractivity contribution in [1.82, 2.24) is 15.0 Å². The van der Waals surface area contributed by atoms with Gasteiger partial charge in [-0.2, -0.15) is 15.0 Å². The van der Waals surface area contributed by atoms with E-state index in [1.165, 1.54) is 11.1 Å². The van der Waals surface area contributed by atoms with Crippen LogP contribution in [-0.4, -0.2) is 48.0 Å². The minimum Gasteiger partial charge on any atom is -0.454 e. The Morgan fingerprint density at radius 1 is 0.774 bits per heavy atom. The topological polar surface area (TPSA) is 93.7 Å². The van der Waals surface area contributed by atoms with Crippen molar-refractivity contribution >= 4 is 29.2 Å². The maximum atomic E-state index is 5.47. The van der Waals surface area contributed by atoms with Crippen LogP contribution in [0, 0.1) is 13.8 Å². The molecule has 0 atom stereocenters. The molecule has 0 aliphatic carbocycles. The summed E-state index contributed by atoms with van der Waals surface area (Å²) in [4.78, 5) is 16.0. The highest BCUT2D eigenvalue weighted by Gasteiger charge is 2.18. The Kier molecular flexibility index (Phi) is 5.17. The molecule has 3 heterocycles. The number of fused-ring (bicyclic) bond motifs is 1. The molecule has 1 saturated heterocycles. The minimum absolute atomic E-state index is 0.232. The number of hydrogen-bond donors (Lipinski definition) is 2. The van der Waals surface area contributed by atoms with Crippen LogP contribution in [0.1, 0.15) is 11.1 Å². The van der Waals surface area contributed by atoms with Crippen molar-refractivity contribution in [3.05, 3.63) is 47.5 Å². The smallest absolute Gasteiger partial charge is 0.233 e. The van der Waals surface area contributed by atoms with Gasteiger partial charge in [0.25, 0.3) is 0 Å². The highest BCUT2D eigenvalue weighted by Crippen LogP contribution is 2.35. The van der Waals surface area contributed by atoms with E-state index < -0.39 is 0 Å². The lowest BCUT2D eigenvalue weighted by Gasteiger charge is -2.27. The molecule has 1 aromatic heterocycles. The van der Waals surface area contributed by atoms with Crippen molar-refractivity contribution in [3.8, 4) is 11.5 Å². The van der Waals surface area contributed by atoms with Crippen LogP contribution in [0.4, 0.5) is 29.2 Å². The molecule has 0 amide bonds. The molecule has 9 nitrogen and oxygen atoms in total. The molecule has 2 aliphatic heterocycles. The quantitative estimate of drug-likeness (QED) is 0.643. The Hall–Kier alpha value is -3.59. The zero-order valence-corrected chi connectivity index (χ0v) is 17.5. The van der Waals surface area contributed by atoms with Crippen LogP contribution in [0.2, 0.25) is 0 Å². The fraction of sp³-hybridized carbons (Fsp3) is 0.318. The van der Waals surface area contributed by atoms with Crippen molar-refractivity contribution in [2.24, 2.45) is 0 Å². The molecule has 0 unspecified atom stereocenters. The van der Waals surface area contributed by atoms with Crippen LogP contribution < -0.4 is 25.0 Å². The number of hydrogen-bond acceptors (Lipinski definition) is 9. The summed E-state index contributed by atoms with van der Waals surface area (Å²) >= 11 is 0. The van der Waals surface area contributed by atoms with Crippen LogP contribution in [0.15, 0.2) is 36.4 Å². The van der Waals surface area contributed by atoms with Gasteiger partial charge in [0.1, 0.15) is 0 Å². The Labute approximate surface area is 180 Å². The van der Waals surface area contributed by atoms with Gasteiger partial charge < -0.3 is 29.7 Å². The first-order valence-corrected chi connectivity index (χ1v) is 10.2. The van der Waals surface area contributed by atoms with Crippen LogP contribution in [0.25, 0.3) is 0 Å². The molecule has 0 spiro atoms. The zero-order valence-electron chi connectivity index (χ0n) is 17.5. The van der Waals surface area contributed by atoms with Crippen molar-refractivity contribution in [1.29, 1.82) is 0 Å². The van der Waals surface area contributed by atoms with Crippen molar-refractivity contribution in [2.45, 2.75) is 13.8 Å². The third-order valence-electron chi connectivity index (χ3n) is 5.31. The molecular formula is C22H24N6O3. The van der Waals surface area contributed by atoms with Gasteiger partial charge in [-0.05, 0) is 49.2 Å². The summed E-state index contributed by atoms with van der Waals surface area (Å²) in [5.41, 5.74) is 4.17. The Morgan fingerprint density at radius 3 is 2.19 bits per heavy atom. The van der Waals surface area contributed by atoms with Crippen molar-refractivity contribution < 1.29 is 14.2 Å². The first-order valence-electron chi connectivity index (χ1n) is 10.2. The largest absolute Gasteiger partial charge is 0.454 e. The SMILES string of the molecule is Cc1ccc(Nc2nc(Nc3ccc4c(c3)OCO4)nc(N3CCOCC3)n2)cc1C. The van der Waals surface area contributed by atoms with Crippen LogP contribution in [0.5, 0.6) is 11.5 Å². The molecule has 9 heteroatoms. The second kappa shape index (κ2) is 8.27. The van der Waals surface area contributed by atoms with Gasteiger partial charge >= 0.3 is 0 Å². The summed E-state index contributed by atoms with van der Waals surface area (Å²) in [6, 6.07) is 11.8. The monoisotopic (exact) mass is 420 g/mol. The number of aromatic nitrogens is 3. The molecule has 0 radical (unpaired) electrons. The lowest BCUT2D eigenvalue weighted by atomic mass is 10.1. The summed E-state index contributed by atoms with van der Waals surface area (Å²) in [7, 11) is 0. The van der Waals surface area contributed by atoms with E-state index in [4.69, 9.17) is 14.2 Å². The predicted molar refractivity (Wildman–Crippen MR) is 118 cm³/mol. The van der Waals surface area contributed by atoms with Gasteiger partial charge in [0.05, 0.1) is 13.2 Å². The average molecular weight is 420 g/mol. The molecule has 2 N–H and O–H groups in total. The third-order valence-corrected chi connectivity index (χ3v) is 5.31. The lowest BCUT2D eigenvalue weighted by molar-refractivity contribution is 0.122. The maximum Gasteiger partial charge on any atom is 0.233 e. The highest BCUT2D eigenvalue weighted by atomic mass is 16.7. The van der Waals surface area contributed by atoms with Gasteiger partial charge in [0.15, 0.2) is 11.5 Å².